The number of benzene rings is 1. The van der Waals surface area contributed by atoms with Crippen molar-refractivity contribution in [3.05, 3.63) is 42.1 Å². The van der Waals surface area contributed by atoms with Gasteiger partial charge in [-0.25, -0.2) is 14.3 Å². The second kappa shape index (κ2) is 14.0. The summed E-state index contributed by atoms with van der Waals surface area (Å²) in [5.74, 6) is -2.68. The molecule has 1 aliphatic carbocycles. The van der Waals surface area contributed by atoms with Crippen molar-refractivity contribution in [3.63, 3.8) is 0 Å². The first kappa shape index (κ1) is 33.3. The number of carbonyl (C=O) groups excluding carboxylic acids is 4. The number of carbonyl (C=O) groups is 5. The fourth-order valence-electron chi connectivity index (χ4n) is 5.05. The van der Waals surface area contributed by atoms with Gasteiger partial charge in [-0.05, 0) is 65.5 Å². The molecule has 4 rings (SSSR count). The number of hydrogen-bond donors (Lipinski definition) is 2. The molecule has 14 nitrogen and oxygen atoms in total. The second-order valence-corrected chi connectivity index (χ2v) is 12.0. The van der Waals surface area contributed by atoms with Crippen LogP contribution in [0.4, 0.5) is 4.79 Å². The van der Waals surface area contributed by atoms with E-state index >= 15 is 0 Å². The number of ether oxygens (including phenoxy) is 3. The number of aliphatic carboxylic acids is 1. The summed E-state index contributed by atoms with van der Waals surface area (Å²) in [6.07, 6.45) is 0.683. The highest BCUT2D eigenvalue weighted by atomic mass is 16.6. The highest BCUT2D eigenvalue weighted by Gasteiger charge is 2.48. The van der Waals surface area contributed by atoms with E-state index in [1.54, 1.807) is 58.0 Å². The predicted octanol–water partition coefficient (Wildman–Crippen LogP) is 2.78. The molecule has 0 bridgehead atoms. The van der Waals surface area contributed by atoms with Crippen molar-refractivity contribution < 1.29 is 43.3 Å². The van der Waals surface area contributed by atoms with E-state index in [1.807, 2.05) is 0 Å². The van der Waals surface area contributed by atoms with Crippen LogP contribution in [0.5, 0.6) is 5.88 Å². The molecule has 1 aliphatic heterocycles. The largest absolute Gasteiger partial charge is 0.478 e. The van der Waals surface area contributed by atoms with Crippen LogP contribution in [0.15, 0.2) is 36.4 Å². The fraction of sp³-hybridized carbons (Fsp3) is 0.548. The third-order valence-corrected chi connectivity index (χ3v) is 7.54. The maximum atomic E-state index is 13.7. The van der Waals surface area contributed by atoms with Gasteiger partial charge in [0.05, 0.1) is 12.3 Å². The lowest BCUT2D eigenvalue weighted by molar-refractivity contribution is -0.163. The maximum Gasteiger partial charge on any atom is 0.409 e. The minimum absolute atomic E-state index is 0.0392. The number of nitrogens with zero attached hydrogens (tertiary/aromatic N) is 4. The molecule has 1 saturated carbocycles. The first-order valence-corrected chi connectivity index (χ1v) is 15.1. The van der Waals surface area contributed by atoms with E-state index in [4.69, 9.17) is 14.2 Å². The standard InChI is InChI=1S/C31H41N5O9/c1-5-43-29(42)35-18-16-34(17-19-35)27(39)22(12-13-25(37)45-30(2,3)4)32-26(38)23-20-24(44-31(28(40)41)14-9-15-31)36(33-23)21-10-7-6-8-11-21/h6-8,10-11,20,22H,5,9,12-19H2,1-4H3,(H,32,38)(H,40,41). The van der Waals surface area contributed by atoms with Crippen LogP contribution in [-0.2, 0) is 23.9 Å². The molecule has 3 amide bonds. The number of nitrogens with one attached hydrogen (secondary N) is 1. The van der Waals surface area contributed by atoms with E-state index in [1.165, 1.54) is 20.5 Å². The lowest BCUT2D eigenvalue weighted by Crippen LogP contribution is -2.56. The van der Waals surface area contributed by atoms with E-state index in [9.17, 15) is 29.1 Å². The number of aromatic nitrogens is 2. The fourth-order valence-corrected chi connectivity index (χ4v) is 5.05. The molecule has 14 heteroatoms. The predicted molar refractivity (Wildman–Crippen MR) is 160 cm³/mol. The summed E-state index contributed by atoms with van der Waals surface area (Å²) in [6, 6.07) is 9.05. The van der Waals surface area contributed by atoms with Gasteiger partial charge in [0.25, 0.3) is 5.91 Å². The van der Waals surface area contributed by atoms with E-state index in [0.29, 0.717) is 24.9 Å². The Balaban J connectivity index is 1.55. The number of rotatable bonds is 11. The molecule has 2 fully saturated rings. The zero-order valence-corrected chi connectivity index (χ0v) is 26.1. The first-order valence-electron chi connectivity index (χ1n) is 15.1. The lowest BCUT2D eigenvalue weighted by atomic mass is 9.80. The Bertz CT molecular complexity index is 1390. The van der Waals surface area contributed by atoms with Gasteiger partial charge in [-0.1, -0.05) is 18.2 Å². The van der Waals surface area contributed by atoms with Crippen LogP contribution in [0.25, 0.3) is 5.69 Å². The van der Waals surface area contributed by atoms with E-state index in [2.05, 4.69) is 10.4 Å². The molecule has 0 radical (unpaired) electrons. The van der Waals surface area contributed by atoms with Gasteiger partial charge in [0, 0.05) is 38.7 Å². The van der Waals surface area contributed by atoms with E-state index in [0.717, 1.165) is 0 Å². The summed E-state index contributed by atoms with van der Waals surface area (Å²) < 4.78 is 17.8. The van der Waals surface area contributed by atoms with Gasteiger partial charge in [0.15, 0.2) is 5.69 Å². The van der Waals surface area contributed by atoms with Crippen molar-refractivity contribution in [1.29, 1.82) is 0 Å². The van der Waals surface area contributed by atoms with Crippen LogP contribution in [0.3, 0.4) is 0 Å². The van der Waals surface area contributed by atoms with Crippen LogP contribution in [0.2, 0.25) is 0 Å². The second-order valence-electron chi connectivity index (χ2n) is 12.0. The molecule has 1 aromatic carbocycles. The topological polar surface area (TPSA) is 170 Å². The number of hydrogen-bond acceptors (Lipinski definition) is 9. The Morgan fingerprint density at radius 3 is 2.22 bits per heavy atom. The molecule has 1 atom stereocenters. The maximum absolute atomic E-state index is 13.7. The van der Waals surface area contributed by atoms with Gasteiger partial charge in [0.1, 0.15) is 11.6 Å². The highest BCUT2D eigenvalue weighted by molar-refractivity contribution is 5.96. The third-order valence-electron chi connectivity index (χ3n) is 7.54. The normalized spacial score (nSPS) is 16.6. The summed E-state index contributed by atoms with van der Waals surface area (Å²) >= 11 is 0. The van der Waals surface area contributed by atoms with Crippen LogP contribution in [0.1, 0.15) is 70.3 Å². The number of para-hydroxylation sites is 1. The van der Waals surface area contributed by atoms with Crippen molar-refractivity contribution in [2.24, 2.45) is 0 Å². The molecule has 2 aromatic rings. The number of esters is 1. The van der Waals surface area contributed by atoms with Crippen molar-refractivity contribution in [2.75, 3.05) is 32.8 Å². The van der Waals surface area contributed by atoms with Gasteiger partial charge in [-0.3, -0.25) is 14.4 Å². The molecule has 2 heterocycles. The third kappa shape index (κ3) is 8.31. The Morgan fingerprint density at radius 2 is 1.67 bits per heavy atom. The van der Waals surface area contributed by atoms with Crippen molar-refractivity contribution >= 4 is 29.8 Å². The van der Waals surface area contributed by atoms with Crippen LogP contribution in [-0.4, -0.2) is 105 Å². The van der Waals surface area contributed by atoms with Gasteiger partial charge < -0.3 is 34.4 Å². The smallest absolute Gasteiger partial charge is 0.409 e. The Kier molecular flexibility index (Phi) is 10.3. The molecular formula is C31H41N5O9. The number of piperazine rings is 1. The molecule has 2 aliphatic rings. The Labute approximate surface area is 261 Å². The first-order chi connectivity index (χ1) is 21.3. The molecule has 1 saturated heterocycles. The molecule has 45 heavy (non-hydrogen) atoms. The van der Waals surface area contributed by atoms with Crippen molar-refractivity contribution in [3.8, 4) is 11.6 Å². The molecule has 0 spiro atoms. The molecular weight excluding hydrogens is 586 g/mol. The minimum Gasteiger partial charge on any atom is -0.478 e. The minimum atomic E-state index is -1.42. The van der Waals surface area contributed by atoms with Gasteiger partial charge in [-0.2, -0.15) is 5.10 Å². The number of carboxylic acid groups (broad SMARTS) is 1. The summed E-state index contributed by atoms with van der Waals surface area (Å²) in [5, 5.41) is 17.0. The van der Waals surface area contributed by atoms with Crippen LogP contribution >= 0.6 is 0 Å². The van der Waals surface area contributed by atoms with E-state index < -0.39 is 47.1 Å². The highest BCUT2D eigenvalue weighted by Crippen LogP contribution is 2.38. The molecule has 1 aromatic heterocycles. The summed E-state index contributed by atoms with van der Waals surface area (Å²) in [5.41, 5.74) is -1.70. The van der Waals surface area contributed by atoms with Crippen molar-refractivity contribution in [2.45, 2.75) is 77.0 Å². The van der Waals surface area contributed by atoms with Gasteiger partial charge >= 0.3 is 18.0 Å². The number of carboxylic acids is 1. The molecule has 1 unspecified atom stereocenters. The lowest BCUT2D eigenvalue weighted by Gasteiger charge is -2.37. The van der Waals surface area contributed by atoms with E-state index in [-0.39, 0.29) is 57.2 Å². The quantitative estimate of drug-likeness (QED) is 0.353. The zero-order valence-electron chi connectivity index (χ0n) is 26.1. The summed E-state index contributed by atoms with van der Waals surface area (Å²) in [6.45, 7) is 8.10. The summed E-state index contributed by atoms with van der Waals surface area (Å²) in [7, 11) is 0. The summed E-state index contributed by atoms with van der Waals surface area (Å²) in [4.78, 5) is 67.0. The van der Waals surface area contributed by atoms with Crippen molar-refractivity contribution in [1.82, 2.24) is 24.9 Å². The van der Waals surface area contributed by atoms with Gasteiger partial charge in [-0.15, -0.1) is 0 Å². The van der Waals surface area contributed by atoms with Crippen LogP contribution in [0, 0.1) is 0 Å². The average Bonchev–Trinajstić information content (AvgIpc) is 3.40. The Morgan fingerprint density at radius 1 is 1.02 bits per heavy atom. The number of amides is 3. The monoisotopic (exact) mass is 627 g/mol. The Hall–Kier alpha value is -4.62. The van der Waals surface area contributed by atoms with Crippen LogP contribution < -0.4 is 10.1 Å². The van der Waals surface area contributed by atoms with Gasteiger partial charge in [0.2, 0.25) is 17.4 Å². The molecule has 244 valence electrons. The average molecular weight is 628 g/mol. The SMILES string of the molecule is CCOC(=O)N1CCN(C(=O)C(CCC(=O)OC(C)(C)C)NC(=O)c2cc(OC3(C(=O)O)CCC3)n(-c3ccccc3)n2)CC1. The zero-order chi connectivity index (χ0) is 32.8. The molecule has 2 N–H and O–H groups in total.